The largest absolute Gasteiger partial charge is 0.468 e. The maximum Gasteiger partial charge on any atom is 0.323 e. The molecule has 0 radical (unpaired) electrons. The van der Waals surface area contributed by atoms with Crippen LogP contribution in [0, 0.1) is 16.7 Å². The Hall–Kier alpha value is -1.06. The molecule has 84 valence electrons. The van der Waals surface area contributed by atoms with Gasteiger partial charge in [0.2, 0.25) is 0 Å². The van der Waals surface area contributed by atoms with Crippen LogP contribution in [0.3, 0.4) is 0 Å². The number of carbonyl (C=O) groups excluding carboxylic acids is 2. The second kappa shape index (κ2) is 2.97. The van der Waals surface area contributed by atoms with Gasteiger partial charge in [0, 0.05) is 0 Å². The summed E-state index contributed by atoms with van der Waals surface area (Å²) in [5.41, 5.74) is -1.25. The number of rotatable bonds is 3. The zero-order chi connectivity index (χ0) is 11.3. The predicted molar refractivity (Wildman–Crippen MR) is 51.9 cm³/mol. The first-order chi connectivity index (χ1) is 7.03. The van der Waals surface area contributed by atoms with Crippen LogP contribution in [-0.4, -0.2) is 26.2 Å². The first-order valence-electron chi connectivity index (χ1n) is 5.20. The molecule has 2 aliphatic carbocycles. The lowest BCUT2D eigenvalue weighted by Crippen LogP contribution is -2.34. The number of methoxy groups -OCH3 is 2. The average molecular weight is 212 g/mol. The second-order valence-corrected chi connectivity index (χ2v) is 4.76. The summed E-state index contributed by atoms with van der Waals surface area (Å²) in [5, 5.41) is 0. The Morgan fingerprint density at radius 3 is 1.93 bits per heavy atom. The topological polar surface area (TPSA) is 52.6 Å². The Kier molecular flexibility index (Phi) is 2.07. The van der Waals surface area contributed by atoms with Crippen molar-refractivity contribution in [2.75, 3.05) is 14.2 Å². The molecule has 0 N–H and O–H groups in total. The van der Waals surface area contributed by atoms with Gasteiger partial charge < -0.3 is 9.47 Å². The van der Waals surface area contributed by atoms with Gasteiger partial charge in [0.25, 0.3) is 0 Å². The van der Waals surface area contributed by atoms with E-state index in [0.717, 1.165) is 12.8 Å². The molecule has 0 heterocycles. The van der Waals surface area contributed by atoms with Gasteiger partial charge >= 0.3 is 11.9 Å². The van der Waals surface area contributed by atoms with Gasteiger partial charge in [-0.2, -0.15) is 0 Å². The molecule has 4 heteroatoms. The number of hydrogen-bond donors (Lipinski definition) is 0. The molecule has 0 spiro atoms. The number of carbonyl (C=O) groups is 2. The molecule has 0 aromatic carbocycles. The molecule has 0 saturated heterocycles. The quantitative estimate of drug-likeness (QED) is 0.520. The fourth-order valence-corrected chi connectivity index (χ4v) is 2.76. The standard InChI is InChI=1S/C11H16O4/c1-10(7-4-5-7)6-11(10,8(12)14-2)9(13)15-3/h7H,4-6H2,1-3H3. The van der Waals surface area contributed by atoms with E-state index in [1.807, 2.05) is 6.92 Å². The van der Waals surface area contributed by atoms with Gasteiger partial charge in [-0.05, 0) is 30.6 Å². The van der Waals surface area contributed by atoms with Crippen molar-refractivity contribution in [1.82, 2.24) is 0 Å². The van der Waals surface area contributed by atoms with Crippen LogP contribution in [0.5, 0.6) is 0 Å². The molecule has 0 amide bonds. The smallest absolute Gasteiger partial charge is 0.323 e. The molecule has 2 saturated carbocycles. The Morgan fingerprint density at radius 1 is 1.13 bits per heavy atom. The zero-order valence-corrected chi connectivity index (χ0v) is 9.33. The minimum atomic E-state index is -1.02. The minimum Gasteiger partial charge on any atom is -0.468 e. The Bertz CT molecular complexity index is 303. The molecule has 15 heavy (non-hydrogen) atoms. The zero-order valence-electron chi connectivity index (χ0n) is 9.33. The summed E-state index contributed by atoms with van der Waals surface area (Å²) in [4.78, 5) is 23.4. The van der Waals surface area contributed by atoms with Crippen LogP contribution in [0.15, 0.2) is 0 Å². The van der Waals surface area contributed by atoms with Gasteiger partial charge in [-0.25, -0.2) is 0 Å². The van der Waals surface area contributed by atoms with E-state index >= 15 is 0 Å². The molecule has 4 nitrogen and oxygen atoms in total. The summed E-state index contributed by atoms with van der Waals surface area (Å²) in [5.74, 6) is -0.400. The Balaban J connectivity index is 2.27. The third-order valence-corrected chi connectivity index (χ3v) is 4.03. The summed E-state index contributed by atoms with van der Waals surface area (Å²) in [6.07, 6.45) is 2.78. The molecular formula is C11H16O4. The van der Waals surface area contributed by atoms with Crippen LogP contribution < -0.4 is 0 Å². The summed E-state index contributed by atoms with van der Waals surface area (Å²) < 4.78 is 9.47. The van der Waals surface area contributed by atoms with Gasteiger partial charge in [0.05, 0.1) is 14.2 Å². The SMILES string of the molecule is COC(=O)C1(C(=O)OC)CC1(C)C1CC1. The Labute approximate surface area is 88.9 Å². The lowest BCUT2D eigenvalue weighted by atomic mass is 9.90. The maximum atomic E-state index is 11.7. The van der Waals surface area contributed by atoms with E-state index in [2.05, 4.69) is 0 Å². The van der Waals surface area contributed by atoms with Crippen molar-refractivity contribution >= 4 is 11.9 Å². The molecule has 2 fully saturated rings. The van der Waals surface area contributed by atoms with E-state index in [-0.39, 0.29) is 5.41 Å². The maximum absolute atomic E-state index is 11.7. The number of esters is 2. The van der Waals surface area contributed by atoms with Crippen LogP contribution in [0.2, 0.25) is 0 Å². The summed E-state index contributed by atoms with van der Waals surface area (Å²) >= 11 is 0. The van der Waals surface area contributed by atoms with Crippen LogP contribution in [0.4, 0.5) is 0 Å². The highest BCUT2D eigenvalue weighted by Gasteiger charge is 2.79. The molecule has 1 unspecified atom stereocenters. The van der Waals surface area contributed by atoms with Crippen molar-refractivity contribution in [1.29, 1.82) is 0 Å². The molecule has 0 aromatic heterocycles. The van der Waals surface area contributed by atoms with E-state index in [1.54, 1.807) is 0 Å². The van der Waals surface area contributed by atoms with E-state index in [4.69, 9.17) is 9.47 Å². The monoisotopic (exact) mass is 212 g/mol. The van der Waals surface area contributed by atoms with Gasteiger partial charge in [-0.1, -0.05) is 6.92 Å². The molecule has 0 aromatic rings. The van der Waals surface area contributed by atoms with Crippen molar-refractivity contribution in [2.24, 2.45) is 16.7 Å². The lowest BCUT2D eigenvalue weighted by Gasteiger charge is -2.17. The fourth-order valence-electron chi connectivity index (χ4n) is 2.76. The molecule has 2 rings (SSSR count). The van der Waals surface area contributed by atoms with E-state index < -0.39 is 17.4 Å². The van der Waals surface area contributed by atoms with Crippen LogP contribution in [-0.2, 0) is 19.1 Å². The third-order valence-electron chi connectivity index (χ3n) is 4.03. The summed E-state index contributed by atoms with van der Waals surface area (Å²) in [6, 6.07) is 0. The minimum absolute atomic E-state index is 0.229. The first kappa shape index (κ1) is 10.5. The van der Waals surface area contributed by atoms with Crippen LogP contribution in [0.25, 0.3) is 0 Å². The van der Waals surface area contributed by atoms with Crippen molar-refractivity contribution in [3.8, 4) is 0 Å². The van der Waals surface area contributed by atoms with Crippen molar-refractivity contribution in [3.05, 3.63) is 0 Å². The van der Waals surface area contributed by atoms with Gasteiger partial charge in [0.1, 0.15) is 0 Å². The van der Waals surface area contributed by atoms with E-state index in [1.165, 1.54) is 14.2 Å². The average Bonchev–Trinajstić information content (AvgIpc) is 3.09. The fraction of sp³-hybridized carbons (Fsp3) is 0.818. The summed E-state index contributed by atoms with van der Waals surface area (Å²) in [7, 11) is 2.64. The molecular weight excluding hydrogens is 196 g/mol. The number of ether oxygens (including phenoxy) is 2. The second-order valence-electron chi connectivity index (χ2n) is 4.76. The van der Waals surface area contributed by atoms with Gasteiger partial charge in [0.15, 0.2) is 5.41 Å². The lowest BCUT2D eigenvalue weighted by molar-refractivity contribution is -0.163. The molecule has 0 bridgehead atoms. The highest BCUT2D eigenvalue weighted by Crippen LogP contribution is 2.73. The highest BCUT2D eigenvalue weighted by atomic mass is 16.5. The molecule has 1 atom stereocenters. The third kappa shape index (κ3) is 1.13. The van der Waals surface area contributed by atoms with Gasteiger partial charge in [-0.3, -0.25) is 9.59 Å². The first-order valence-corrected chi connectivity index (χ1v) is 5.20. The Morgan fingerprint density at radius 2 is 1.60 bits per heavy atom. The predicted octanol–water partition coefficient (Wildman–Crippen LogP) is 1.14. The van der Waals surface area contributed by atoms with Crippen molar-refractivity contribution in [3.63, 3.8) is 0 Å². The normalized spacial score (nSPS) is 31.9. The summed E-state index contributed by atoms with van der Waals surface area (Å²) in [6.45, 7) is 1.98. The molecule has 2 aliphatic rings. The molecule has 0 aliphatic heterocycles. The van der Waals surface area contributed by atoms with E-state index in [9.17, 15) is 9.59 Å². The van der Waals surface area contributed by atoms with Crippen LogP contribution in [0.1, 0.15) is 26.2 Å². The van der Waals surface area contributed by atoms with Crippen molar-refractivity contribution < 1.29 is 19.1 Å². The van der Waals surface area contributed by atoms with Crippen LogP contribution >= 0.6 is 0 Å². The van der Waals surface area contributed by atoms with E-state index in [0.29, 0.717) is 12.3 Å². The highest BCUT2D eigenvalue weighted by molar-refractivity contribution is 6.05. The van der Waals surface area contributed by atoms with Gasteiger partial charge in [-0.15, -0.1) is 0 Å². The van der Waals surface area contributed by atoms with Crippen molar-refractivity contribution in [2.45, 2.75) is 26.2 Å². The number of hydrogen-bond acceptors (Lipinski definition) is 4.